The van der Waals surface area contributed by atoms with Gasteiger partial charge in [-0.1, -0.05) is 18.0 Å². The Hall–Kier alpha value is -0.870. The molecule has 0 atom stereocenters. The van der Waals surface area contributed by atoms with E-state index in [4.69, 9.17) is 11.6 Å². The van der Waals surface area contributed by atoms with Crippen molar-refractivity contribution >= 4 is 11.6 Å². The van der Waals surface area contributed by atoms with E-state index in [1.54, 1.807) is 4.57 Å². The van der Waals surface area contributed by atoms with Crippen molar-refractivity contribution in [1.29, 1.82) is 0 Å². The normalized spacial score (nSPS) is 17.6. The van der Waals surface area contributed by atoms with Crippen LogP contribution in [0.3, 0.4) is 0 Å². The quantitative estimate of drug-likeness (QED) is 0.751. The third-order valence-corrected chi connectivity index (χ3v) is 3.16. The molecule has 0 aromatic carbocycles. The van der Waals surface area contributed by atoms with E-state index in [-0.39, 0.29) is 10.7 Å². The lowest BCUT2D eigenvalue weighted by molar-refractivity contribution is 0.219. The number of hydrogen-bond acceptors (Lipinski definition) is 3. The van der Waals surface area contributed by atoms with Crippen molar-refractivity contribution in [3.05, 3.63) is 27.9 Å². The first-order chi connectivity index (χ1) is 7.75. The van der Waals surface area contributed by atoms with Gasteiger partial charge in [0.05, 0.1) is 6.33 Å². The molecule has 0 radical (unpaired) electrons. The van der Waals surface area contributed by atoms with Gasteiger partial charge >= 0.3 is 0 Å². The van der Waals surface area contributed by atoms with Gasteiger partial charge in [0.1, 0.15) is 5.15 Å². The standard InChI is InChI=1S/C11H16ClN3O/c12-10-8-11(16)15(9-13-10)7-6-14-4-2-1-3-5-14/h8-9H,1-7H2. The Morgan fingerprint density at radius 3 is 2.69 bits per heavy atom. The summed E-state index contributed by atoms with van der Waals surface area (Å²) in [7, 11) is 0. The molecule has 88 valence electrons. The number of rotatable bonds is 3. The molecule has 1 aliphatic heterocycles. The minimum atomic E-state index is -0.0722. The molecular formula is C11H16ClN3O. The first-order valence-electron chi connectivity index (χ1n) is 5.70. The molecule has 0 aliphatic carbocycles. The zero-order valence-electron chi connectivity index (χ0n) is 9.23. The Balaban J connectivity index is 1.91. The van der Waals surface area contributed by atoms with Crippen molar-refractivity contribution in [2.45, 2.75) is 25.8 Å². The molecule has 1 fully saturated rings. The van der Waals surface area contributed by atoms with Gasteiger partial charge in [0.25, 0.3) is 5.56 Å². The van der Waals surface area contributed by atoms with Crippen molar-refractivity contribution in [3.8, 4) is 0 Å². The maximum atomic E-state index is 11.5. The fourth-order valence-corrected chi connectivity index (χ4v) is 2.14. The molecule has 1 saturated heterocycles. The van der Waals surface area contributed by atoms with Crippen LogP contribution in [0, 0.1) is 0 Å². The van der Waals surface area contributed by atoms with E-state index in [1.165, 1.54) is 31.7 Å². The van der Waals surface area contributed by atoms with Gasteiger partial charge in [0.15, 0.2) is 0 Å². The second-order valence-corrected chi connectivity index (χ2v) is 4.53. The second-order valence-electron chi connectivity index (χ2n) is 4.15. The van der Waals surface area contributed by atoms with Crippen molar-refractivity contribution < 1.29 is 0 Å². The van der Waals surface area contributed by atoms with Gasteiger partial charge in [-0.3, -0.25) is 9.36 Å². The maximum absolute atomic E-state index is 11.5. The van der Waals surface area contributed by atoms with Gasteiger partial charge in [0.2, 0.25) is 0 Å². The summed E-state index contributed by atoms with van der Waals surface area (Å²) >= 11 is 5.63. The fraction of sp³-hybridized carbons (Fsp3) is 0.636. The van der Waals surface area contributed by atoms with E-state index < -0.39 is 0 Å². The molecule has 4 nitrogen and oxygen atoms in total. The van der Waals surface area contributed by atoms with E-state index in [1.807, 2.05) is 0 Å². The molecule has 2 rings (SSSR count). The number of aromatic nitrogens is 2. The molecule has 1 aromatic heterocycles. The highest BCUT2D eigenvalue weighted by atomic mass is 35.5. The van der Waals surface area contributed by atoms with E-state index >= 15 is 0 Å². The number of hydrogen-bond donors (Lipinski definition) is 0. The zero-order chi connectivity index (χ0) is 11.4. The van der Waals surface area contributed by atoms with E-state index in [0.29, 0.717) is 6.54 Å². The van der Waals surface area contributed by atoms with Gasteiger partial charge in [0, 0.05) is 19.2 Å². The van der Waals surface area contributed by atoms with Crippen LogP contribution >= 0.6 is 11.6 Å². The lowest BCUT2D eigenvalue weighted by Crippen LogP contribution is -2.34. The van der Waals surface area contributed by atoms with Crippen LogP contribution in [-0.2, 0) is 6.54 Å². The summed E-state index contributed by atoms with van der Waals surface area (Å²) < 4.78 is 1.61. The molecule has 0 N–H and O–H groups in total. The molecule has 2 heterocycles. The first-order valence-corrected chi connectivity index (χ1v) is 6.08. The topological polar surface area (TPSA) is 38.1 Å². The van der Waals surface area contributed by atoms with Gasteiger partial charge in [-0.15, -0.1) is 0 Å². The molecule has 5 heteroatoms. The molecule has 1 aliphatic rings. The van der Waals surface area contributed by atoms with Crippen LogP contribution in [0.5, 0.6) is 0 Å². The van der Waals surface area contributed by atoms with Gasteiger partial charge < -0.3 is 4.90 Å². The van der Waals surface area contributed by atoms with E-state index in [2.05, 4.69) is 9.88 Å². The van der Waals surface area contributed by atoms with Crippen molar-refractivity contribution in [2.24, 2.45) is 0 Å². The Morgan fingerprint density at radius 1 is 1.25 bits per heavy atom. The summed E-state index contributed by atoms with van der Waals surface area (Å²) in [5, 5.41) is 0.263. The summed E-state index contributed by atoms with van der Waals surface area (Å²) in [5.41, 5.74) is -0.0722. The highest BCUT2D eigenvalue weighted by Crippen LogP contribution is 2.08. The molecule has 0 bridgehead atoms. The molecule has 1 aromatic rings. The maximum Gasteiger partial charge on any atom is 0.254 e. The SMILES string of the molecule is O=c1cc(Cl)ncn1CCN1CCCCC1. The Bertz CT molecular complexity index is 398. The molecule has 0 spiro atoms. The summed E-state index contributed by atoms with van der Waals surface area (Å²) in [6.07, 6.45) is 5.40. The minimum absolute atomic E-state index is 0.0722. The van der Waals surface area contributed by atoms with E-state index in [9.17, 15) is 4.79 Å². The van der Waals surface area contributed by atoms with Crippen LogP contribution in [0.15, 0.2) is 17.2 Å². The predicted molar refractivity (Wildman–Crippen MR) is 63.8 cm³/mol. The fourth-order valence-electron chi connectivity index (χ4n) is 2.00. The van der Waals surface area contributed by atoms with Crippen LogP contribution in [0.4, 0.5) is 0 Å². The zero-order valence-corrected chi connectivity index (χ0v) is 9.99. The van der Waals surface area contributed by atoms with Crippen LogP contribution in [0.1, 0.15) is 19.3 Å². The Labute approximate surface area is 99.9 Å². The summed E-state index contributed by atoms with van der Waals surface area (Å²) in [6.45, 7) is 3.91. The lowest BCUT2D eigenvalue weighted by atomic mass is 10.1. The van der Waals surface area contributed by atoms with Gasteiger partial charge in [-0.05, 0) is 25.9 Å². The van der Waals surface area contributed by atoms with Crippen LogP contribution in [0.25, 0.3) is 0 Å². The lowest BCUT2D eigenvalue weighted by Gasteiger charge is -2.26. The number of likely N-dealkylation sites (tertiary alicyclic amines) is 1. The molecule has 0 unspecified atom stereocenters. The summed E-state index contributed by atoms with van der Waals surface area (Å²) in [4.78, 5) is 17.8. The van der Waals surface area contributed by atoms with Crippen LogP contribution in [-0.4, -0.2) is 34.1 Å². The van der Waals surface area contributed by atoms with Gasteiger partial charge in [-0.2, -0.15) is 0 Å². The van der Waals surface area contributed by atoms with Crippen LogP contribution < -0.4 is 5.56 Å². The van der Waals surface area contributed by atoms with Crippen molar-refractivity contribution in [1.82, 2.24) is 14.5 Å². The Morgan fingerprint density at radius 2 is 2.00 bits per heavy atom. The average molecular weight is 242 g/mol. The predicted octanol–water partition coefficient (Wildman–Crippen LogP) is 1.38. The molecule has 16 heavy (non-hydrogen) atoms. The number of nitrogens with zero attached hydrogens (tertiary/aromatic N) is 3. The Kier molecular flexibility index (Phi) is 3.96. The molecule has 0 amide bonds. The largest absolute Gasteiger partial charge is 0.302 e. The van der Waals surface area contributed by atoms with Crippen LogP contribution in [0.2, 0.25) is 5.15 Å². The first kappa shape index (κ1) is 11.6. The van der Waals surface area contributed by atoms with Gasteiger partial charge in [-0.25, -0.2) is 4.98 Å². The monoisotopic (exact) mass is 241 g/mol. The molecule has 0 saturated carbocycles. The third kappa shape index (κ3) is 3.06. The highest BCUT2D eigenvalue weighted by Gasteiger charge is 2.09. The van der Waals surface area contributed by atoms with Crippen molar-refractivity contribution in [3.63, 3.8) is 0 Å². The average Bonchev–Trinajstić information content (AvgIpc) is 2.29. The minimum Gasteiger partial charge on any atom is -0.302 e. The highest BCUT2D eigenvalue weighted by molar-refractivity contribution is 6.29. The number of halogens is 1. The second kappa shape index (κ2) is 5.46. The molecular weight excluding hydrogens is 226 g/mol. The smallest absolute Gasteiger partial charge is 0.254 e. The third-order valence-electron chi connectivity index (χ3n) is 2.95. The summed E-state index contributed by atoms with van der Waals surface area (Å²) in [5.74, 6) is 0. The van der Waals surface area contributed by atoms with Crippen molar-refractivity contribution in [2.75, 3.05) is 19.6 Å². The number of piperidine rings is 1. The summed E-state index contributed by atoms with van der Waals surface area (Å²) in [6, 6.07) is 1.36. The van der Waals surface area contributed by atoms with E-state index in [0.717, 1.165) is 19.6 Å².